The molecule has 124 valence electrons. The molecule has 2 rings (SSSR count). The second-order valence-electron chi connectivity index (χ2n) is 6.35. The third-order valence-electron chi connectivity index (χ3n) is 3.51. The highest BCUT2D eigenvalue weighted by Gasteiger charge is 2.48. The number of ether oxygens (including phenoxy) is 3. The fraction of sp³-hybridized carbons (Fsp3) is 0.786. The van der Waals surface area contributed by atoms with Crippen LogP contribution in [0.2, 0.25) is 0 Å². The molecular weight excluding hydrogens is 292 g/mol. The average Bonchev–Trinajstić information content (AvgIpc) is 2.83. The fourth-order valence-electron chi connectivity index (χ4n) is 2.62. The van der Waals surface area contributed by atoms with Gasteiger partial charge in [0.05, 0.1) is 13.7 Å². The molecule has 0 unspecified atom stereocenters. The van der Waals surface area contributed by atoms with Gasteiger partial charge in [0.25, 0.3) is 0 Å². The van der Waals surface area contributed by atoms with Crippen LogP contribution in [0.15, 0.2) is 0 Å². The third kappa shape index (κ3) is 3.49. The van der Waals surface area contributed by atoms with E-state index in [1.165, 1.54) is 12.0 Å². The van der Waals surface area contributed by atoms with Gasteiger partial charge < -0.3 is 24.4 Å². The van der Waals surface area contributed by atoms with E-state index in [2.05, 4.69) is 5.32 Å². The van der Waals surface area contributed by atoms with Crippen molar-refractivity contribution in [2.45, 2.75) is 57.5 Å². The van der Waals surface area contributed by atoms with Gasteiger partial charge in [-0.3, -0.25) is 4.79 Å². The molecule has 2 amide bonds. The van der Waals surface area contributed by atoms with E-state index in [0.29, 0.717) is 12.8 Å². The van der Waals surface area contributed by atoms with Crippen LogP contribution in [0.3, 0.4) is 0 Å². The Labute approximate surface area is 129 Å². The molecule has 0 radical (unpaired) electrons. The summed E-state index contributed by atoms with van der Waals surface area (Å²) in [5, 5.41) is 2.49. The van der Waals surface area contributed by atoms with E-state index in [4.69, 9.17) is 14.2 Å². The number of esters is 1. The summed E-state index contributed by atoms with van der Waals surface area (Å²) in [6, 6.07) is -1.53. The summed E-state index contributed by atoms with van der Waals surface area (Å²) in [6.07, 6.45) is -0.0672. The van der Waals surface area contributed by atoms with Gasteiger partial charge in [0.2, 0.25) is 5.91 Å². The minimum absolute atomic E-state index is 0.0626. The lowest BCUT2D eigenvalue weighted by atomic mass is 10.2. The van der Waals surface area contributed by atoms with Crippen molar-refractivity contribution in [1.82, 2.24) is 10.2 Å². The van der Waals surface area contributed by atoms with Crippen molar-refractivity contribution in [3.05, 3.63) is 0 Å². The van der Waals surface area contributed by atoms with Crippen LogP contribution in [0.4, 0.5) is 4.79 Å². The van der Waals surface area contributed by atoms with Gasteiger partial charge in [0, 0.05) is 0 Å². The zero-order chi connectivity index (χ0) is 16.5. The van der Waals surface area contributed by atoms with E-state index in [9.17, 15) is 14.4 Å². The predicted molar refractivity (Wildman–Crippen MR) is 74.8 cm³/mol. The van der Waals surface area contributed by atoms with E-state index < -0.39 is 36.0 Å². The summed E-state index contributed by atoms with van der Waals surface area (Å²) >= 11 is 0. The average molecular weight is 314 g/mol. The maximum Gasteiger partial charge on any atom is 0.408 e. The second-order valence-corrected chi connectivity index (χ2v) is 6.35. The number of hydrogen-bond acceptors (Lipinski definition) is 6. The molecule has 2 fully saturated rings. The van der Waals surface area contributed by atoms with Gasteiger partial charge in [-0.15, -0.1) is 0 Å². The topological polar surface area (TPSA) is 94.2 Å². The van der Waals surface area contributed by atoms with Gasteiger partial charge in [-0.1, -0.05) is 0 Å². The maximum absolute atomic E-state index is 12.5. The zero-order valence-corrected chi connectivity index (χ0v) is 13.3. The largest absolute Gasteiger partial charge is 0.467 e. The van der Waals surface area contributed by atoms with E-state index in [0.717, 1.165) is 0 Å². The lowest BCUT2D eigenvalue weighted by molar-refractivity contribution is -0.171. The van der Waals surface area contributed by atoms with Gasteiger partial charge in [-0.2, -0.15) is 0 Å². The molecule has 0 bridgehead atoms. The number of carbonyl (C=O) groups excluding carboxylic acids is 3. The molecule has 0 aromatic heterocycles. The lowest BCUT2D eigenvalue weighted by Gasteiger charge is -2.37. The van der Waals surface area contributed by atoms with Gasteiger partial charge >= 0.3 is 12.1 Å². The number of nitrogens with one attached hydrogen (secondary N) is 1. The first-order valence-corrected chi connectivity index (χ1v) is 7.24. The van der Waals surface area contributed by atoms with Crippen molar-refractivity contribution in [3.63, 3.8) is 0 Å². The molecule has 22 heavy (non-hydrogen) atoms. The molecule has 0 aromatic carbocycles. The summed E-state index contributed by atoms with van der Waals surface area (Å²) in [5.41, 5.74) is -0.659. The minimum atomic E-state index is -0.864. The second kappa shape index (κ2) is 6.12. The van der Waals surface area contributed by atoms with Crippen molar-refractivity contribution in [2.75, 3.05) is 13.7 Å². The number of carbonyl (C=O) groups is 3. The highest BCUT2D eigenvalue weighted by molar-refractivity contribution is 5.91. The standard InChI is InChI=1S/C14H22N2O6/c1-14(2,3)22-13(19)15-8-7-21-10-6-5-9(12(18)20-4)16(10)11(8)17/h8-10H,5-7H2,1-4H3,(H,15,19)/t8-,9-,10-/m0/s1. The number of rotatable bonds is 2. The Balaban J connectivity index is 2.03. The number of hydrogen-bond donors (Lipinski definition) is 1. The molecule has 0 aliphatic carbocycles. The van der Waals surface area contributed by atoms with E-state index in [1.54, 1.807) is 20.8 Å². The van der Waals surface area contributed by atoms with Gasteiger partial charge in [-0.05, 0) is 33.6 Å². The summed E-state index contributed by atoms with van der Waals surface area (Å²) in [7, 11) is 1.28. The molecule has 8 heteroatoms. The van der Waals surface area contributed by atoms with Crippen molar-refractivity contribution < 1.29 is 28.6 Å². The number of methoxy groups -OCH3 is 1. The van der Waals surface area contributed by atoms with Crippen LogP contribution in [0.5, 0.6) is 0 Å². The Morgan fingerprint density at radius 1 is 1.32 bits per heavy atom. The van der Waals surface area contributed by atoms with E-state index >= 15 is 0 Å². The van der Waals surface area contributed by atoms with Crippen LogP contribution in [-0.4, -0.2) is 60.5 Å². The molecule has 1 N–H and O–H groups in total. The van der Waals surface area contributed by atoms with E-state index in [-0.39, 0.29) is 12.5 Å². The molecule has 2 heterocycles. The highest BCUT2D eigenvalue weighted by Crippen LogP contribution is 2.29. The minimum Gasteiger partial charge on any atom is -0.467 e. The van der Waals surface area contributed by atoms with Crippen molar-refractivity contribution in [2.24, 2.45) is 0 Å². The monoisotopic (exact) mass is 314 g/mol. The number of alkyl carbamates (subject to hydrolysis) is 1. The fourth-order valence-corrected chi connectivity index (χ4v) is 2.62. The first-order valence-electron chi connectivity index (χ1n) is 7.24. The first-order chi connectivity index (χ1) is 10.2. The summed E-state index contributed by atoms with van der Waals surface area (Å²) < 4.78 is 15.4. The summed E-state index contributed by atoms with van der Waals surface area (Å²) in [6.45, 7) is 5.26. The van der Waals surface area contributed by atoms with Gasteiger partial charge in [0.1, 0.15) is 23.9 Å². The lowest BCUT2D eigenvalue weighted by Crippen LogP contribution is -2.60. The Hall–Kier alpha value is -1.83. The third-order valence-corrected chi connectivity index (χ3v) is 3.51. The zero-order valence-electron chi connectivity index (χ0n) is 13.3. The first kappa shape index (κ1) is 16.5. The molecule has 0 saturated carbocycles. The Bertz CT molecular complexity index is 472. The van der Waals surface area contributed by atoms with Crippen LogP contribution in [0.25, 0.3) is 0 Å². The smallest absolute Gasteiger partial charge is 0.408 e. The van der Waals surface area contributed by atoms with Gasteiger partial charge in [-0.25, -0.2) is 9.59 Å². The molecule has 8 nitrogen and oxygen atoms in total. The molecule has 0 spiro atoms. The number of fused-ring (bicyclic) bond motifs is 1. The Morgan fingerprint density at radius 3 is 2.59 bits per heavy atom. The van der Waals surface area contributed by atoms with Crippen LogP contribution in [0.1, 0.15) is 33.6 Å². The number of nitrogens with zero attached hydrogens (tertiary/aromatic N) is 1. The van der Waals surface area contributed by atoms with Crippen molar-refractivity contribution in [3.8, 4) is 0 Å². The Kier molecular flexibility index (Phi) is 4.60. The Morgan fingerprint density at radius 2 is 2.00 bits per heavy atom. The molecular formula is C14H22N2O6. The summed E-state index contributed by atoms with van der Waals surface area (Å²) in [4.78, 5) is 37.4. The predicted octanol–water partition coefficient (Wildman–Crippen LogP) is 0.400. The van der Waals surface area contributed by atoms with Gasteiger partial charge in [0.15, 0.2) is 0 Å². The van der Waals surface area contributed by atoms with E-state index in [1.807, 2.05) is 0 Å². The molecule has 2 aliphatic rings. The summed E-state index contributed by atoms with van der Waals surface area (Å²) in [5.74, 6) is -0.827. The maximum atomic E-state index is 12.5. The van der Waals surface area contributed by atoms with Crippen LogP contribution >= 0.6 is 0 Å². The molecule has 2 aliphatic heterocycles. The highest BCUT2D eigenvalue weighted by atomic mass is 16.6. The van der Waals surface area contributed by atoms with Crippen molar-refractivity contribution in [1.29, 1.82) is 0 Å². The molecule has 3 atom stereocenters. The SMILES string of the molecule is COC(=O)[C@@H]1CC[C@@H]2OC[C@H](NC(=O)OC(C)(C)C)C(=O)N21. The number of amides is 2. The van der Waals surface area contributed by atoms with Crippen LogP contribution in [0, 0.1) is 0 Å². The van der Waals surface area contributed by atoms with Crippen molar-refractivity contribution >= 4 is 18.0 Å². The van der Waals surface area contributed by atoms with Crippen LogP contribution < -0.4 is 5.32 Å². The normalized spacial score (nSPS) is 28.1. The molecule has 0 aromatic rings. The quantitative estimate of drug-likeness (QED) is 0.742. The molecule has 2 saturated heterocycles. The van der Waals surface area contributed by atoms with Crippen LogP contribution in [-0.2, 0) is 23.8 Å².